The number of nitrogens with one attached hydrogen (secondary N) is 1. The Labute approximate surface area is 145 Å². The van der Waals surface area contributed by atoms with Gasteiger partial charge in [0.1, 0.15) is 0 Å². The number of hydrogen-bond acceptors (Lipinski definition) is 4. The average Bonchev–Trinajstić information content (AvgIpc) is 3.13. The molecule has 3 heterocycles. The molecule has 1 N–H and O–H groups in total. The second kappa shape index (κ2) is 7.96. The van der Waals surface area contributed by atoms with Crippen LogP contribution in [0.1, 0.15) is 32.1 Å². The Morgan fingerprint density at radius 1 is 1.24 bits per heavy atom. The van der Waals surface area contributed by atoms with Crippen molar-refractivity contribution < 1.29 is 4.79 Å². The SMILES string of the molecule is O=C(CCn1ccc(=O)[nH]c1=O)N1CCCC[C@@H]1CCn1cccn1. The molecule has 1 atom stereocenters. The van der Waals surface area contributed by atoms with Gasteiger partial charge in [-0.1, -0.05) is 0 Å². The predicted molar refractivity (Wildman–Crippen MR) is 92.1 cm³/mol. The van der Waals surface area contributed by atoms with Crippen molar-refractivity contribution in [1.29, 1.82) is 0 Å². The fourth-order valence-corrected chi connectivity index (χ4v) is 3.32. The molecule has 0 spiro atoms. The number of H-pyrrole nitrogens is 1. The van der Waals surface area contributed by atoms with Crippen LogP contribution in [0.25, 0.3) is 0 Å². The van der Waals surface area contributed by atoms with Crippen molar-refractivity contribution in [1.82, 2.24) is 24.2 Å². The highest BCUT2D eigenvalue weighted by molar-refractivity contribution is 5.76. The lowest BCUT2D eigenvalue weighted by molar-refractivity contribution is -0.135. The van der Waals surface area contributed by atoms with E-state index in [2.05, 4.69) is 10.1 Å². The van der Waals surface area contributed by atoms with Gasteiger partial charge in [-0.2, -0.15) is 5.10 Å². The maximum atomic E-state index is 12.6. The van der Waals surface area contributed by atoms with Crippen LogP contribution in [0, 0.1) is 0 Å². The highest BCUT2D eigenvalue weighted by Crippen LogP contribution is 2.21. The van der Waals surface area contributed by atoms with Crippen LogP contribution in [0.3, 0.4) is 0 Å². The van der Waals surface area contributed by atoms with Gasteiger partial charge in [-0.3, -0.25) is 19.3 Å². The van der Waals surface area contributed by atoms with E-state index < -0.39 is 11.2 Å². The number of piperidine rings is 1. The summed E-state index contributed by atoms with van der Waals surface area (Å²) in [6.45, 7) is 1.83. The van der Waals surface area contributed by atoms with Crippen LogP contribution < -0.4 is 11.2 Å². The zero-order chi connectivity index (χ0) is 17.6. The van der Waals surface area contributed by atoms with Crippen molar-refractivity contribution in [3.63, 3.8) is 0 Å². The van der Waals surface area contributed by atoms with Gasteiger partial charge >= 0.3 is 5.69 Å². The molecule has 8 heteroatoms. The number of hydrogen-bond donors (Lipinski definition) is 1. The summed E-state index contributed by atoms with van der Waals surface area (Å²) < 4.78 is 3.25. The van der Waals surface area contributed by atoms with E-state index in [4.69, 9.17) is 0 Å². The molecular weight excluding hydrogens is 322 g/mol. The predicted octanol–water partition coefficient (Wildman–Crippen LogP) is 0.595. The molecule has 2 aromatic rings. The van der Waals surface area contributed by atoms with E-state index >= 15 is 0 Å². The van der Waals surface area contributed by atoms with Gasteiger partial charge in [0.25, 0.3) is 5.56 Å². The molecule has 0 saturated carbocycles. The van der Waals surface area contributed by atoms with Crippen LogP contribution in [-0.4, -0.2) is 42.7 Å². The lowest BCUT2D eigenvalue weighted by atomic mass is 9.99. The normalized spacial score (nSPS) is 17.6. The van der Waals surface area contributed by atoms with E-state index in [1.807, 2.05) is 21.8 Å². The number of aryl methyl sites for hydroxylation is 2. The lowest BCUT2D eigenvalue weighted by Crippen LogP contribution is -2.44. The Morgan fingerprint density at radius 3 is 2.88 bits per heavy atom. The van der Waals surface area contributed by atoms with Crippen LogP contribution in [-0.2, 0) is 17.9 Å². The van der Waals surface area contributed by atoms with Gasteiger partial charge in [-0.05, 0) is 31.7 Å². The molecular formula is C17H23N5O3. The van der Waals surface area contributed by atoms with Crippen LogP contribution in [0.2, 0.25) is 0 Å². The summed E-state index contributed by atoms with van der Waals surface area (Å²) in [5.74, 6) is 0.0586. The van der Waals surface area contributed by atoms with Crippen LogP contribution in [0.4, 0.5) is 0 Å². The summed E-state index contributed by atoms with van der Waals surface area (Å²) in [5, 5.41) is 4.21. The molecule has 8 nitrogen and oxygen atoms in total. The van der Waals surface area contributed by atoms with Crippen molar-refractivity contribution in [2.75, 3.05) is 6.54 Å². The highest BCUT2D eigenvalue weighted by atomic mass is 16.2. The summed E-state index contributed by atoms with van der Waals surface area (Å²) in [4.78, 5) is 39.6. The first kappa shape index (κ1) is 17.2. The summed E-state index contributed by atoms with van der Waals surface area (Å²) in [6, 6.07) is 3.41. The first-order valence-electron chi connectivity index (χ1n) is 8.70. The monoisotopic (exact) mass is 345 g/mol. The third-order valence-electron chi connectivity index (χ3n) is 4.66. The maximum Gasteiger partial charge on any atom is 0.328 e. The zero-order valence-corrected chi connectivity index (χ0v) is 14.1. The minimum atomic E-state index is -0.478. The third-order valence-corrected chi connectivity index (χ3v) is 4.66. The van der Waals surface area contributed by atoms with Gasteiger partial charge in [0.05, 0.1) is 0 Å². The van der Waals surface area contributed by atoms with Crippen molar-refractivity contribution in [3.8, 4) is 0 Å². The fourth-order valence-electron chi connectivity index (χ4n) is 3.32. The van der Waals surface area contributed by atoms with Gasteiger partial charge in [0.2, 0.25) is 5.91 Å². The number of aromatic nitrogens is 4. The van der Waals surface area contributed by atoms with Crippen molar-refractivity contribution in [2.45, 2.75) is 51.2 Å². The quantitative estimate of drug-likeness (QED) is 0.829. The number of carbonyl (C=O) groups is 1. The summed E-state index contributed by atoms with van der Waals surface area (Å²) in [7, 11) is 0. The standard InChI is InChI=1S/C17H23N5O3/c23-15-6-11-20(17(25)19-15)12-7-16(24)22-10-2-1-4-14(22)5-13-21-9-3-8-18-21/h3,6,8-9,11,14H,1-2,4-5,7,10,12-13H2,(H,19,23,25)/t14-/m1/s1. The maximum absolute atomic E-state index is 12.6. The van der Waals surface area contributed by atoms with E-state index in [-0.39, 0.29) is 24.9 Å². The molecule has 0 bridgehead atoms. The molecule has 134 valence electrons. The Balaban J connectivity index is 1.58. The minimum Gasteiger partial charge on any atom is -0.340 e. The summed E-state index contributed by atoms with van der Waals surface area (Å²) >= 11 is 0. The van der Waals surface area contributed by atoms with Crippen LogP contribution in [0.5, 0.6) is 0 Å². The van der Waals surface area contributed by atoms with E-state index in [1.165, 1.54) is 16.8 Å². The molecule has 0 unspecified atom stereocenters. The van der Waals surface area contributed by atoms with E-state index in [9.17, 15) is 14.4 Å². The topological polar surface area (TPSA) is 93.0 Å². The number of likely N-dealkylation sites (tertiary alicyclic amines) is 1. The second-order valence-corrected chi connectivity index (χ2v) is 6.35. The van der Waals surface area contributed by atoms with Gasteiger partial charge in [0.15, 0.2) is 0 Å². The number of nitrogens with zero attached hydrogens (tertiary/aromatic N) is 4. The Morgan fingerprint density at radius 2 is 2.12 bits per heavy atom. The van der Waals surface area contributed by atoms with Crippen LogP contribution >= 0.6 is 0 Å². The first-order valence-corrected chi connectivity index (χ1v) is 8.70. The Kier molecular flexibility index (Phi) is 5.47. The molecule has 0 aromatic carbocycles. The number of amides is 1. The molecule has 0 aliphatic carbocycles. The van der Waals surface area contributed by atoms with Gasteiger partial charge in [-0.15, -0.1) is 0 Å². The zero-order valence-electron chi connectivity index (χ0n) is 14.1. The highest BCUT2D eigenvalue weighted by Gasteiger charge is 2.26. The summed E-state index contributed by atoms with van der Waals surface area (Å²) in [6.07, 6.45) is 9.40. The minimum absolute atomic E-state index is 0.0586. The molecule has 1 aliphatic heterocycles. The number of carbonyl (C=O) groups excluding carboxylic acids is 1. The molecule has 1 fully saturated rings. The Hall–Kier alpha value is -2.64. The van der Waals surface area contributed by atoms with E-state index in [0.717, 1.165) is 38.8 Å². The largest absolute Gasteiger partial charge is 0.340 e. The molecule has 3 rings (SSSR count). The summed E-state index contributed by atoms with van der Waals surface area (Å²) in [5.41, 5.74) is -0.906. The third kappa shape index (κ3) is 4.46. The Bertz CT molecular complexity index is 808. The molecule has 25 heavy (non-hydrogen) atoms. The molecule has 1 aliphatic rings. The molecule has 1 amide bonds. The molecule has 0 radical (unpaired) electrons. The first-order chi connectivity index (χ1) is 12.1. The van der Waals surface area contributed by atoms with Gasteiger partial charge in [-0.25, -0.2) is 4.79 Å². The lowest BCUT2D eigenvalue weighted by Gasteiger charge is -2.36. The van der Waals surface area contributed by atoms with E-state index in [1.54, 1.807) is 6.20 Å². The molecule has 1 saturated heterocycles. The smallest absolute Gasteiger partial charge is 0.328 e. The second-order valence-electron chi connectivity index (χ2n) is 6.35. The van der Waals surface area contributed by atoms with Crippen LogP contribution in [0.15, 0.2) is 40.3 Å². The van der Waals surface area contributed by atoms with E-state index in [0.29, 0.717) is 0 Å². The van der Waals surface area contributed by atoms with Crippen molar-refractivity contribution in [3.05, 3.63) is 51.6 Å². The number of aromatic amines is 1. The van der Waals surface area contributed by atoms with Crippen molar-refractivity contribution in [2.24, 2.45) is 0 Å². The number of rotatable bonds is 6. The van der Waals surface area contributed by atoms with Gasteiger partial charge in [0, 0.05) is 56.8 Å². The fraction of sp³-hybridized carbons (Fsp3) is 0.529. The molecule has 2 aromatic heterocycles. The average molecular weight is 345 g/mol. The van der Waals surface area contributed by atoms with Crippen molar-refractivity contribution >= 4 is 5.91 Å². The van der Waals surface area contributed by atoms with Gasteiger partial charge < -0.3 is 9.47 Å².